The largest absolute Gasteiger partial charge is 0.379 e. The van der Waals surface area contributed by atoms with E-state index in [2.05, 4.69) is 21.9 Å². The summed E-state index contributed by atoms with van der Waals surface area (Å²) < 4.78 is 7.11. The molecule has 128 valence electrons. The molecule has 2 fully saturated rings. The Balaban J connectivity index is 1.55. The second kappa shape index (κ2) is 6.14. The molecule has 2 aromatic rings. The molecular weight excluding hydrogens is 306 g/mol. The molecule has 0 spiro atoms. The molecule has 0 aromatic carbocycles. The second-order valence-corrected chi connectivity index (χ2v) is 6.80. The van der Waals surface area contributed by atoms with Crippen molar-refractivity contribution in [1.29, 1.82) is 0 Å². The monoisotopic (exact) mass is 329 g/mol. The van der Waals surface area contributed by atoms with Crippen LogP contribution in [-0.2, 0) is 4.74 Å². The fourth-order valence-corrected chi connectivity index (χ4v) is 3.78. The highest BCUT2D eigenvalue weighted by atomic mass is 16.5. The SMILES string of the molecule is Cc1ccn2ncc(C(=O)N3CC(C)C(N4CCOCC4)C3)c2n1. The van der Waals surface area contributed by atoms with Crippen LogP contribution in [0.15, 0.2) is 18.5 Å². The fourth-order valence-electron chi connectivity index (χ4n) is 3.78. The standard InChI is InChI=1S/C17H23N5O2/c1-12-10-21(11-15(12)20-5-7-24-8-6-20)17(23)14-9-18-22-4-3-13(2)19-16(14)22/h3-4,9,12,15H,5-8,10-11H2,1-2H3. The molecule has 24 heavy (non-hydrogen) atoms. The summed E-state index contributed by atoms with van der Waals surface area (Å²) in [5.74, 6) is 0.495. The van der Waals surface area contributed by atoms with E-state index < -0.39 is 0 Å². The summed E-state index contributed by atoms with van der Waals surface area (Å²) in [7, 11) is 0. The van der Waals surface area contributed by atoms with Crippen LogP contribution in [0.25, 0.3) is 5.65 Å². The molecular formula is C17H23N5O2. The molecule has 7 heteroatoms. The van der Waals surface area contributed by atoms with E-state index in [1.165, 1.54) is 0 Å². The van der Waals surface area contributed by atoms with Gasteiger partial charge < -0.3 is 9.64 Å². The van der Waals surface area contributed by atoms with Gasteiger partial charge in [0.05, 0.1) is 19.4 Å². The van der Waals surface area contributed by atoms with Crippen LogP contribution in [0.5, 0.6) is 0 Å². The van der Waals surface area contributed by atoms with E-state index in [1.54, 1.807) is 10.7 Å². The topological polar surface area (TPSA) is 63.0 Å². The number of likely N-dealkylation sites (tertiary alicyclic amines) is 1. The van der Waals surface area contributed by atoms with Gasteiger partial charge in [0.1, 0.15) is 5.56 Å². The Morgan fingerprint density at radius 2 is 2.08 bits per heavy atom. The molecule has 2 saturated heterocycles. The number of hydrogen-bond acceptors (Lipinski definition) is 5. The lowest BCUT2D eigenvalue weighted by atomic mass is 10.0. The number of rotatable bonds is 2. The quantitative estimate of drug-likeness (QED) is 0.817. The van der Waals surface area contributed by atoms with Crippen molar-refractivity contribution in [2.24, 2.45) is 5.92 Å². The molecule has 0 radical (unpaired) electrons. The minimum Gasteiger partial charge on any atom is -0.379 e. The predicted molar refractivity (Wildman–Crippen MR) is 89.0 cm³/mol. The van der Waals surface area contributed by atoms with Gasteiger partial charge in [-0.3, -0.25) is 9.69 Å². The second-order valence-electron chi connectivity index (χ2n) is 6.80. The summed E-state index contributed by atoms with van der Waals surface area (Å²) in [6, 6.07) is 2.30. The zero-order chi connectivity index (χ0) is 16.7. The van der Waals surface area contributed by atoms with Gasteiger partial charge in [-0.25, -0.2) is 9.50 Å². The molecule has 4 heterocycles. The summed E-state index contributed by atoms with van der Waals surface area (Å²) in [5.41, 5.74) is 2.12. The van der Waals surface area contributed by atoms with E-state index in [9.17, 15) is 4.79 Å². The number of amides is 1. The van der Waals surface area contributed by atoms with Crippen molar-refractivity contribution in [3.05, 3.63) is 29.7 Å². The minimum absolute atomic E-state index is 0.0331. The predicted octanol–water partition coefficient (Wildman–Crippen LogP) is 0.830. The number of hydrogen-bond donors (Lipinski definition) is 0. The molecule has 1 amide bonds. The van der Waals surface area contributed by atoms with Crippen LogP contribution in [-0.4, -0.2) is 75.7 Å². The number of aromatic nitrogens is 3. The van der Waals surface area contributed by atoms with Gasteiger partial charge >= 0.3 is 0 Å². The number of carbonyl (C=O) groups excluding carboxylic acids is 1. The van der Waals surface area contributed by atoms with Crippen molar-refractivity contribution in [3.8, 4) is 0 Å². The van der Waals surface area contributed by atoms with E-state index in [0.717, 1.165) is 45.1 Å². The van der Waals surface area contributed by atoms with Crippen LogP contribution < -0.4 is 0 Å². The number of morpholine rings is 1. The zero-order valence-electron chi connectivity index (χ0n) is 14.2. The summed E-state index contributed by atoms with van der Waals surface area (Å²) >= 11 is 0. The highest BCUT2D eigenvalue weighted by molar-refractivity contribution is 5.99. The van der Waals surface area contributed by atoms with Crippen LogP contribution in [0.3, 0.4) is 0 Å². The smallest absolute Gasteiger partial charge is 0.259 e. The first kappa shape index (κ1) is 15.5. The molecule has 2 aliphatic rings. The molecule has 7 nitrogen and oxygen atoms in total. The molecule has 0 N–H and O–H groups in total. The highest BCUT2D eigenvalue weighted by Gasteiger charge is 2.37. The summed E-state index contributed by atoms with van der Waals surface area (Å²) in [6.45, 7) is 9.18. The van der Waals surface area contributed by atoms with E-state index in [4.69, 9.17) is 4.74 Å². The average Bonchev–Trinajstić information content (AvgIpc) is 3.18. The minimum atomic E-state index is 0.0331. The average molecular weight is 329 g/mol. The Morgan fingerprint density at radius 3 is 2.88 bits per heavy atom. The summed E-state index contributed by atoms with van der Waals surface area (Å²) in [4.78, 5) is 21.9. The number of nitrogens with zero attached hydrogens (tertiary/aromatic N) is 5. The third-order valence-corrected chi connectivity index (χ3v) is 5.11. The Bertz CT molecular complexity index is 753. The lowest BCUT2D eigenvalue weighted by Gasteiger charge is -2.33. The maximum atomic E-state index is 13.0. The normalized spacial score (nSPS) is 25.5. The lowest BCUT2D eigenvalue weighted by molar-refractivity contribution is 0.0119. The fraction of sp³-hybridized carbons (Fsp3) is 0.588. The number of aryl methyl sites for hydroxylation is 1. The number of carbonyl (C=O) groups is 1. The van der Waals surface area contributed by atoms with Gasteiger partial charge in [-0.15, -0.1) is 0 Å². The molecule has 0 bridgehead atoms. The van der Waals surface area contributed by atoms with Gasteiger partial charge in [0.15, 0.2) is 5.65 Å². The van der Waals surface area contributed by atoms with Gasteiger partial charge in [0.25, 0.3) is 5.91 Å². The molecule has 2 unspecified atom stereocenters. The van der Waals surface area contributed by atoms with Gasteiger partial charge in [-0.2, -0.15) is 5.10 Å². The molecule has 2 aliphatic heterocycles. The van der Waals surface area contributed by atoms with Gasteiger partial charge in [0, 0.05) is 44.1 Å². The van der Waals surface area contributed by atoms with Crippen molar-refractivity contribution in [2.75, 3.05) is 39.4 Å². The van der Waals surface area contributed by atoms with E-state index in [-0.39, 0.29) is 5.91 Å². The Kier molecular flexibility index (Phi) is 3.97. The van der Waals surface area contributed by atoms with Crippen LogP contribution in [0.1, 0.15) is 23.0 Å². The Labute approximate surface area is 141 Å². The molecule has 0 saturated carbocycles. The van der Waals surface area contributed by atoms with E-state index >= 15 is 0 Å². The molecule has 4 rings (SSSR count). The lowest BCUT2D eigenvalue weighted by Crippen LogP contribution is -2.47. The van der Waals surface area contributed by atoms with Gasteiger partial charge in [-0.05, 0) is 18.9 Å². The Hall–Kier alpha value is -1.99. The van der Waals surface area contributed by atoms with Crippen molar-refractivity contribution in [3.63, 3.8) is 0 Å². The number of fused-ring (bicyclic) bond motifs is 1. The van der Waals surface area contributed by atoms with Crippen molar-refractivity contribution >= 4 is 11.6 Å². The van der Waals surface area contributed by atoms with Crippen molar-refractivity contribution in [2.45, 2.75) is 19.9 Å². The summed E-state index contributed by atoms with van der Waals surface area (Å²) in [6.07, 6.45) is 3.48. The number of ether oxygens (including phenoxy) is 1. The first-order valence-electron chi connectivity index (χ1n) is 8.55. The first-order valence-corrected chi connectivity index (χ1v) is 8.55. The van der Waals surface area contributed by atoms with Crippen LogP contribution in [0.4, 0.5) is 0 Å². The van der Waals surface area contributed by atoms with Gasteiger partial charge in [0.2, 0.25) is 0 Å². The van der Waals surface area contributed by atoms with Gasteiger partial charge in [-0.1, -0.05) is 6.92 Å². The molecule has 2 atom stereocenters. The molecule has 2 aromatic heterocycles. The van der Waals surface area contributed by atoms with Crippen LogP contribution in [0, 0.1) is 12.8 Å². The maximum absolute atomic E-state index is 13.0. The van der Waals surface area contributed by atoms with E-state index in [0.29, 0.717) is 23.2 Å². The highest BCUT2D eigenvalue weighted by Crippen LogP contribution is 2.25. The third kappa shape index (κ3) is 2.67. The first-order chi connectivity index (χ1) is 11.6. The summed E-state index contributed by atoms with van der Waals surface area (Å²) in [5, 5.41) is 4.26. The van der Waals surface area contributed by atoms with E-state index in [1.807, 2.05) is 24.1 Å². The third-order valence-electron chi connectivity index (χ3n) is 5.11. The molecule has 0 aliphatic carbocycles. The van der Waals surface area contributed by atoms with Crippen molar-refractivity contribution < 1.29 is 9.53 Å². The zero-order valence-corrected chi connectivity index (χ0v) is 14.2. The van der Waals surface area contributed by atoms with Crippen molar-refractivity contribution in [1.82, 2.24) is 24.4 Å². The Morgan fingerprint density at radius 1 is 1.29 bits per heavy atom. The maximum Gasteiger partial charge on any atom is 0.259 e. The van der Waals surface area contributed by atoms with Crippen LogP contribution >= 0.6 is 0 Å². The van der Waals surface area contributed by atoms with Crippen LogP contribution in [0.2, 0.25) is 0 Å².